The van der Waals surface area contributed by atoms with Gasteiger partial charge in [0.1, 0.15) is 0 Å². The van der Waals surface area contributed by atoms with E-state index < -0.39 is 9.84 Å². The monoisotopic (exact) mass is 402 g/mol. The van der Waals surface area contributed by atoms with Gasteiger partial charge in [-0.1, -0.05) is 56.3 Å². The summed E-state index contributed by atoms with van der Waals surface area (Å²) in [6.07, 6.45) is 0.614. The maximum atomic E-state index is 12.0. The second-order valence-electron chi connectivity index (χ2n) is 7.38. The van der Waals surface area contributed by atoms with E-state index in [1.165, 1.54) is 5.56 Å². The molecule has 1 aliphatic heterocycles. The van der Waals surface area contributed by atoms with Crippen LogP contribution in [0, 0.1) is 0 Å². The molecule has 4 nitrogen and oxygen atoms in total. The van der Waals surface area contributed by atoms with Crippen LogP contribution in [0.3, 0.4) is 0 Å². The Morgan fingerprint density at radius 1 is 1.15 bits per heavy atom. The highest BCUT2D eigenvalue weighted by atomic mass is 32.2. The van der Waals surface area contributed by atoms with Gasteiger partial charge in [-0.3, -0.25) is 0 Å². The van der Waals surface area contributed by atoms with Crippen LogP contribution in [0.15, 0.2) is 54.6 Å². The molecule has 144 valence electrons. The fraction of sp³-hybridized carbons (Fsp3) is 0.381. The lowest BCUT2D eigenvalue weighted by Crippen LogP contribution is -2.43. The van der Waals surface area contributed by atoms with Crippen LogP contribution >= 0.6 is 12.2 Å². The van der Waals surface area contributed by atoms with Crippen molar-refractivity contribution in [2.75, 3.05) is 16.8 Å². The molecule has 1 fully saturated rings. The average molecular weight is 403 g/mol. The molecule has 1 heterocycles. The molecule has 1 atom stereocenters. The van der Waals surface area contributed by atoms with Gasteiger partial charge in [-0.25, -0.2) is 8.42 Å². The van der Waals surface area contributed by atoms with E-state index in [2.05, 4.69) is 31.3 Å². The lowest BCUT2D eigenvalue weighted by molar-refractivity contribution is 0.332. The van der Waals surface area contributed by atoms with E-state index in [0.29, 0.717) is 24.0 Å². The van der Waals surface area contributed by atoms with Crippen molar-refractivity contribution in [3.63, 3.8) is 0 Å². The third-order valence-corrected chi connectivity index (χ3v) is 7.02. The van der Waals surface area contributed by atoms with E-state index in [9.17, 15) is 8.42 Å². The maximum absolute atomic E-state index is 12.0. The summed E-state index contributed by atoms with van der Waals surface area (Å²) in [7, 11) is -2.98. The van der Waals surface area contributed by atoms with E-state index in [1.54, 1.807) is 0 Å². The summed E-state index contributed by atoms with van der Waals surface area (Å²) in [4.78, 5) is 2.02. The summed E-state index contributed by atoms with van der Waals surface area (Å²) in [5, 5.41) is 3.86. The van der Waals surface area contributed by atoms with Crippen molar-refractivity contribution in [2.24, 2.45) is 0 Å². The number of thiocarbonyl (C=S) groups is 1. The first-order valence-corrected chi connectivity index (χ1v) is 11.5. The Balaban J connectivity index is 1.77. The molecule has 2 aromatic rings. The number of sulfone groups is 1. The summed E-state index contributed by atoms with van der Waals surface area (Å²) < 4.78 is 24.0. The molecule has 1 saturated heterocycles. The molecule has 0 radical (unpaired) electrons. The van der Waals surface area contributed by atoms with Crippen molar-refractivity contribution in [1.82, 2.24) is 4.90 Å². The van der Waals surface area contributed by atoms with Gasteiger partial charge in [0.2, 0.25) is 0 Å². The predicted molar refractivity (Wildman–Crippen MR) is 116 cm³/mol. The maximum Gasteiger partial charge on any atom is 0.174 e. The number of anilines is 1. The molecule has 1 aliphatic rings. The molecule has 27 heavy (non-hydrogen) atoms. The first-order chi connectivity index (χ1) is 12.8. The van der Waals surface area contributed by atoms with E-state index in [4.69, 9.17) is 12.2 Å². The quantitative estimate of drug-likeness (QED) is 0.760. The molecule has 1 N–H and O–H groups in total. The second kappa shape index (κ2) is 8.40. The zero-order valence-corrected chi connectivity index (χ0v) is 17.4. The normalized spacial score (nSPS) is 18.4. The Hall–Kier alpha value is -1.92. The SMILES string of the molecule is CC(C)c1ccc(NC(=S)N(Cc2ccccc2)[C@@H]2CCS(=O)(=O)C2)cc1. The van der Waals surface area contributed by atoms with Gasteiger partial charge in [-0.2, -0.15) is 0 Å². The summed E-state index contributed by atoms with van der Waals surface area (Å²) in [5.41, 5.74) is 3.30. The molecule has 0 saturated carbocycles. The van der Waals surface area contributed by atoms with E-state index >= 15 is 0 Å². The van der Waals surface area contributed by atoms with Crippen molar-refractivity contribution < 1.29 is 8.42 Å². The second-order valence-corrected chi connectivity index (χ2v) is 9.99. The van der Waals surface area contributed by atoms with Gasteiger partial charge in [0.15, 0.2) is 14.9 Å². The first-order valence-electron chi connectivity index (χ1n) is 9.26. The Morgan fingerprint density at radius 3 is 2.37 bits per heavy atom. The van der Waals surface area contributed by atoms with Gasteiger partial charge >= 0.3 is 0 Å². The van der Waals surface area contributed by atoms with Crippen LogP contribution in [0.1, 0.15) is 37.3 Å². The standard InChI is InChI=1S/C21H26N2O2S2/c1-16(2)18-8-10-19(11-9-18)22-21(26)23(14-17-6-4-3-5-7-17)20-12-13-27(24,25)15-20/h3-11,16,20H,12-15H2,1-2H3,(H,22,26)/t20-/m1/s1. The van der Waals surface area contributed by atoms with Crippen molar-refractivity contribution in [1.29, 1.82) is 0 Å². The van der Waals surface area contributed by atoms with Gasteiger partial charge in [0, 0.05) is 18.3 Å². The Morgan fingerprint density at radius 2 is 1.81 bits per heavy atom. The lowest BCUT2D eigenvalue weighted by atomic mass is 10.0. The molecule has 0 aromatic heterocycles. The van der Waals surface area contributed by atoms with Crippen molar-refractivity contribution in [3.8, 4) is 0 Å². The minimum atomic E-state index is -2.98. The van der Waals surface area contributed by atoms with Crippen molar-refractivity contribution in [2.45, 2.75) is 38.8 Å². The topological polar surface area (TPSA) is 49.4 Å². The van der Waals surface area contributed by atoms with Gasteiger partial charge < -0.3 is 10.2 Å². The minimum absolute atomic E-state index is 0.0925. The number of rotatable bonds is 5. The summed E-state index contributed by atoms with van der Waals surface area (Å²) >= 11 is 5.67. The predicted octanol–water partition coefficient (Wildman–Crippen LogP) is 4.20. The summed E-state index contributed by atoms with van der Waals surface area (Å²) in [5.74, 6) is 0.868. The fourth-order valence-corrected chi connectivity index (χ4v) is 5.38. The zero-order valence-electron chi connectivity index (χ0n) is 15.8. The lowest BCUT2D eigenvalue weighted by Gasteiger charge is -2.31. The molecule has 0 aliphatic carbocycles. The van der Waals surface area contributed by atoms with Crippen LogP contribution in [-0.4, -0.2) is 36.0 Å². The van der Waals surface area contributed by atoms with E-state index in [0.717, 1.165) is 11.3 Å². The van der Waals surface area contributed by atoms with Gasteiger partial charge in [-0.15, -0.1) is 0 Å². The van der Waals surface area contributed by atoms with Crippen LogP contribution in [0.2, 0.25) is 0 Å². The molecule has 0 amide bonds. The number of hydrogen-bond acceptors (Lipinski definition) is 3. The number of nitrogens with one attached hydrogen (secondary N) is 1. The third kappa shape index (κ3) is 5.30. The van der Waals surface area contributed by atoms with Crippen molar-refractivity contribution in [3.05, 3.63) is 65.7 Å². The van der Waals surface area contributed by atoms with Crippen LogP contribution in [-0.2, 0) is 16.4 Å². The number of hydrogen-bond donors (Lipinski definition) is 1. The average Bonchev–Trinajstić information content (AvgIpc) is 3.00. The smallest absolute Gasteiger partial charge is 0.174 e. The van der Waals surface area contributed by atoms with E-state index in [1.807, 2.05) is 47.4 Å². The van der Waals surface area contributed by atoms with Gasteiger partial charge in [0.05, 0.1) is 11.5 Å². The minimum Gasteiger partial charge on any atom is -0.341 e. The van der Waals surface area contributed by atoms with Crippen LogP contribution in [0.5, 0.6) is 0 Å². The van der Waals surface area contributed by atoms with Gasteiger partial charge in [0.25, 0.3) is 0 Å². The summed E-state index contributed by atoms with van der Waals surface area (Å²) in [6.45, 7) is 4.92. The largest absolute Gasteiger partial charge is 0.341 e. The Bertz CT molecular complexity index is 878. The van der Waals surface area contributed by atoms with Crippen LogP contribution < -0.4 is 5.32 Å². The van der Waals surface area contributed by atoms with Crippen LogP contribution in [0.25, 0.3) is 0 Å². The molecular formula is C21H26N2O2S2. The molecule has 3 rings (SSSR count). The molecule has 0 bridgehead atoms. The Kier molecular flexibility index (Phi) is 6.17. The highest BCUT2D eigenvalue weighted by Gasteiger charge is 2.33. The number of benzene rings is 2. The molecule has 2 aromatic carbocycles. The first kappa shape index (κ1) is 19.8. The molecule has 6 heteroatoms. The molecular weight excluding hydrogens is 376 g/mol. The summed E-state index contributed by atoms with van der Waals surface area (Å²) in [6, 6.07) is 18.2. The highest BCUT2D eigenvalue weighted by Crippen LogP contribution is 2.22. The zero-order chi connectivity index (χ0) is 19.4. The van der Waals surface area contributed by atoms with E-state index in [-0.39, 0.29) is 17.5 Å². The molecule has 0 spiro atoms. The molecule has 0 unspecified atom stereocenters. The fourth-order valence-electron chi connectivity index (χ4n) is 3.31. The van der Waals surface area contributed by atoms with Gasteiger partial charge in [-0.05, 0) is 47.8 Å². The highest BCUT2D eigenvalue weighted by molar-refractivity contribution is 7.91. The number of nitrogens with zero attached hydrogens (tertiary/aromatic N) is 1. The Labute approximate surface area is 167 Å². The third-order valence-electron chi connectivity index (χ3n) is 4.93. The van der Waals surface area contributed by atoms with Crippen LogP contribution in [0.4, 0.5) is 5.69 Å². The van der Waals surface area contributed by atoms with Crippen molar-refractivity contribution >= 4 is 32.9 Å².